The van der Waals surface area contributed by atoms with Crippen molar-refractivity contribution in [3.05, 3.63) is 71.5 Å². The van der Waals surface area contributed by atoms with E-state index in [4.69, 9.17) is 4.74 Å². The van der Waals surface area contributed by atoms with Crippen molar-refractivity contribution in [3.63, 3.8) is 0 Å². The number of hydrogen-bond acceptors (Lipinski definition) is 9. The molecule has 0 atom stereocenters. The van der Waals surface area contributed by atoms with Gasteiger partial charge in [0.25, 0.3) is 5.56 Å². The molecule has 1 fully saturated rings. The Hall–Kier alpha value is -4.61. The van der Waals surface area contributed by atoms with Crippen LogP contribution in [-0.4, -0.2) is 66.9 Å². The molecule has 12 heteroatoms. The normalized spacial score (nSPS) is 13.9. The van der Waals surface area contributed by atoms with Crippen molar-refractivity contribution in [2.75, 3.05) is 31.1 Å². The van der Waals surface area contributed by atoms with Crippen molar-refractivity contribution in [2.24, 2.45) is 5.92 Å². The van der Waals surface area contributed by atoms with Gasteiger partial charge in [0, 0.05) is 37.2 Å². The first-order valence-corrected chi connectivity index (χ1v) is 12.6. The van der Waals surface area contributed by atoms with Crippen LogP contribution in [0.15, 0.2) is 66.0 Å². The highest BCUT2D eigenvalue weighted by Crippen LogP contribution is 2.22. The van der Waals surface area contributed by atoms with Crippen molar-refractivity contribution >= 4 is 11.7 Å². The number of carbonyl (C=O) groups is 1. The van der Waals surface area contributed by atoms with E-state index in [-0.39, 0.29) is 17.4 Å². The Balaban J connectivity index is 1.11. The Morgan fingerprint density at radius 1 is 1.03 bits per heavy atom. The number of aromatic nitrogens is 7. The van der Waals surface area contributed by atoms with Crippen LogP contribution >= 0.6 is 0 Å². The van der Waals surface area contributed by atoms with E-state index >= 15 is 0 Å². The quantitative estimate of drug-likeness (QED) is 0.354. The van der Waals surface area contributed by atoms with Gasteiger partial charge in [0.15, 0.2) is 11.6 Å². The molecule has 3 aromatic heterocycles. The lowest BCUT2D eigenvalue weighted by Gasteiger charge is -2.31. The smallest absolute Gasteiger partial charge is 0.266 e. The zero-order valence-corrected chi connectivity index (χ0v) is 21.1. The molecule has 4 aromatic rings. The lowest BCUT2D eigenvalue weighted by molar-refractivity contribution is -0.125. The molecule has 12 nitrogen and oxygen atoms in total. The summed E-state index contributed by atoms with van der Waals surface area (Å²) in [5.74, 6) is 2.05. The van der Waals surface area contributed by atoms with Crippen molar-refractivity contribution in [1.82, 2.24) is 40.1 Å². The molecule has 5 rings (SSSR count). The van der Waals surface area contributed by atoms with Gasteiger partial charge in [-0.1, -0.05) is 0 Å². The third kappa shape index (κ3) is 5.85. The zero-order chi connectivity index (χ0) is 26.3. The van der Waals surface area contributed by atoms with Gasteiger partial charge in [0.1, 0.15) is 18.4 Å². The van der Waals surface area contributed by atoms with Gasteiger partial charge in [-0.3, -0.25) is 9.59 Å². The SMILES string of the molecule is CCOc1ccc(-c2ccc(=O)n(CCNC(=O)C3CCN(c4ccc(-n5cncn5)nn4)CC3)n2)cc1. The molecule has 0 radical (unpaired) electrons. The number of carbonyl (C=O) groups excluding carboxylic acids is 1. The maximum Gasteiger partial charge on any atom is 0.266 e. The molecule has 1 aliphatic heterocycles. The van der Waals surface area contributed by atoms with E-state index in [2.05, 4.69) is 35.6 Å². The highest BCUT2D eigenvalue weighted by Gasteiger charge is 2.25. The largest absolute Gasteiger partial charge is 0.494 e. The van der Waals surface area contributed by atoms with Gasteiger partial charge < -0.3 is 15.0 Å². The number of nitrogens with zero attached hydrogens (tertiary/aromatic N) is 8. The van der Waals surface area contributed by atoms with Crippen LogP contribution in [0.1, 0.15) is 19.8 Å². The fourth-order valence-corrected chi connectivity index (χ4v) is 4.39. The molecule has 1 aromatic carbocycles. The van der Waals surface area contributed by atoms with E-state index in [0.717, 1.165) is 17.1 Å². The number of anilines is 1. The van der Waals surface area contributed by atoms with Crippen LogP contribution < -0.4 is 20.5 Å². The molecule has 0 saturated carbocycles. The first-order valence-electron chi connectivity index (χ1n) is 12.6. The molecular weight excluding hydrogens is 486 g/mol. The van der Waals surface area contributed by atoms with Gasteiger partial charge in [-0.2, -0.15) is 10.2 Å². The molecule has 4 heterocycles. The van der Waals surface area contributed by atoms with Crippen molar-refractivity contribution in [2.45, 2.75) is 26.3 Å². The second kappa shape index (κ2) is 11.6. The Labute approximate surface area is 219 Å². The highest BCUT2D eigenvalue weighted by molar-refractivity contribution is 5.78. The van der Waals surface area contributed by atoms with Crippen LogP contribution in [0.25, 0.3) is 17.1 Å². The van der Waals surface area contributed by atoms with E-state index in [1.807, 2.05) is 43.3 Å². The van der Waals surface area contributed by atoms with Crippen LogP contribution in [0, 0.1) is 5.92 Å². The summed E-state index contributed by atoms with van der Waals surface area (Å²) in [5.41, 5.74) is 1.36. The van der Waals surface area contributed by atoms with E-state index in [0.29, 0.717) is 57.1 Å². The number of rotatable bonds is 9. The average molecular weight is 516 g/mol. The van der Waals surface area contributed by atoms with Gasteiger partial charge in [0.05, 0.1) is 18.8 Å². The maximum atomic E-state index is 12.8. The standard InChI is InChI=1S/C26H29N9O3/c1-2-38-21-5-3-19(4-6-21)22-7-10-25(36)34(32-22)16-13-28-26(37)20-11-14-33(15-12-20)23-8-9-24(31-30-23)35-18-27-17-29-35/h3-10,17-18,20H,2,11-16H2,1H3,(H,28,37). The summed E-state index contributed by atoms with van der Waals surface area (Å²) in [7, 11) is 0. The molecule has 0 bridgehead atoms. The number of amides is 1. The van der Waals surface area contributed by atoms with Crippen molar-refractivity contribution in [3.8, 4) is 22.8 Å². The average Bonchev–Trinajstić information content (AvgIpc) is 3.50. The summed E-state index contributed by atoms with van der Waals surface area (Å²) in [6, 6.07) is 14.5. The summed E-state index contributed by atoms with van der Waals surface area (Å²) in [5, 5.41) is 20.0. The van der Waals surface area contributed by atoms with Crippen LogP contribution in [0.2, 0.25) is 0 Å². The lowest BCUT2D eigenvalue weighted by Crippen LogP contribution is -2.42. The Morgan fingerprint density at radius 3 is 2.47 bits per heavy atom. The van der Waals surface area contributed by atoms with E-state index < -0.39 is 0 Å². The van der Waals surface area contributed by atoms with Crippen LogP contribution in [0.4, 0.5) is 5.82 Å². The summed E-state index contributed by atoms with van der Waals surface area (Å²) in [6.07, 6.45) is 4.44. The molecule has 1 N–H and O–H groups in total. The van der Waals surface area contributed by atoms with Gasteiger partial charge in [0.2, 0.25) is 5.91 Å². The predicted octanol–water partition coefficient (Wildman–Crippen LogP) is 1.71. The van der Waals surface area contributed by atoms with Crippen molar-refractivity contribution < 1.29 is 9.53 Å². The number of benzene rings is 1. The molecule has 1 amide bonds. The molecule has 196 valence electrons. The summed E-state index contributed by atoms with van der Waals surface area (Å²) in [4.78, 5) is 31.1. The van der Waals surface area contributed by atoms with E-state index in [1.54, 1.807) is 17.1 Å². The second-order valence-electron chi connectivity index (χ2n) is 8.88. The zero-order valence-electron chi connectivity index (χ0n) is 21.1. The lowest BCUT2D eigenvalue weighted by atomic mass is 9.96. The molecule has 1 aliphatic rings. The van der Waals surface area contributed by atoms with Gasteiger partial charge in [-0.25, -0.2) is 14.3 Å². The summed E-state index contributed by atoms with van der Waals surface area (Å²) in [6.45, 7) is 4.57. The number of piperidine rings is 1. The molecule has 0 aliphatic carbocycles. The van der Waals surface area contributed by atoms with E-state index in [9.17, 15) is 9.59 Å². The second-order valence-corrected chi connectivity index (χ2v) is 8.88. The minimum Gasteiger partial charge on any atom is -0.494 e. The number of hydrogen-bond donors (Lipinski definition) is 1. The monoisotopic (exact) mass is 515 g/mol. The number of ether oxygens (including phenoxy) is 1. The predicted molar refractivity (Wildman–Crippen MR) is 140 cm³/mol. The van der Waals surface area contributed by atoms with Crippen LogP contribution in [-0.2, 0) is 11.3 Å². The van der Waals surface area contributed by atoms with Crippen LogP contribution in [0.3, 0.4) is 0 Å². The first kappa shape index (κ1) is 25.1. The summed E-state index contributed by atoms with van der Waals surface area (Å²) < 4.78 is 8.42. The summed E-state index contributed by atoms with van der Waals surface area (Å²) >= 11 is 0. The Bertz CT molecular complexity index is 1400. The maximum absolute atomic E-state index is 12.8. The topological polar surface area (TPSA) is 133 Å². The Kier molecular flexibility index (Phi) is 7.67. The molecule has 0 spiro atoms. The fourth-order valence-electron chi connectivity index (χ4n) is 4.39. The first-order chi connectivity index (χ1) is 18.6. The van der Waals surface area contributed by atoms with E-state index in [1.165, 1.54) is 17.1 Å². The minimum absolute atomic E-state index is 0.00650. The molecule has 38 heavy (non-hydrogen) atoms. The van der Waals surface area contributed by atoms with Gasteiger partial charge >= 0.3 is 0 Å². The third-order valence-corrected chi connectivity index (χ3v) is 6.43. The molecular formula is C26H29N9O3. The Morgan fingerprint density at radius 2 is 1.79 bits per heavy atom. The minimum atomic E-state index is -0.210. The van der Waals surface area contributed by atoms with Gasteiger partial charge in [-0.15, -0.1) is 10.2 Å². The van der Waals surface area contributed by atoms with Crippen molar-refractivity contribution in [1.29, 1.82) is 0 Å². The molecule has 1 saturated heterocycles. The fraction of sp³-hybridized carbons (Fsp3) is 0.346. The third-order valence-electron chi connectivity index (χ3n) is 6.43. The van der Waals surface area contributed by atoms with Crippen LogP contribution in [0.5, 0.6) is 5.75 Å². The number of nitrogens with one attached hydrogen (secondary N) is 1. The van der Waals surface area contributed by atoms with Gasteiger partial charge in [-0.05, 0) is 62.2 Å². The molecule has 0 unspecified atom stereocenters. The highest BCUT2D eigenvalue weighted by atomic mass is 16.5.